The van der Waals surface area contributed by atoms with E-state index in [1.54, 1.807) is 0 Å². The van der Waals surface area contributed by atoms with Crippen molar-refractivity contribution in [2.45, 2.75) is 32.7 Å². The average molecular weight is 214 g/mol. The van der Waals surface area contributed by atoms with E-state index in [1.165, 1.54) is 11.1 Å². The van der Waals surface area contributed by atoms with E-state index < -0.39 is 0 Å². The van der Waals surface area contributed by atoms with Crippen LogP contribution in [0.5, 0.6) is 0 Å². The first-order valence-corrected chi connectivity index (χ1v) is 5.62. The average Bonchev–Trinajstić information content (AvgIpc) is 2.70. The van der Waals surface area contributed by atoms with Gasteiger partial charge in [0.15, 0.2) is 0 Å². The standard InChI is InChI=1S/C14H18N2/c1-14(2,3)13-7-4-6-12(10-13)11-16-9-5-8-15-16/h4-10H,11H2,1-3H3. The lowest BCUT2D eigenvalue weighted by molar-refractivity contribution is 0.587. The summed E-state index contributed by atoms with van der Waals surface area (Å²) in [5.74, 6) is 0. The smallest absolute Gasteiger partial charge is 0.0659 e. The predicted octanol–water partition coefficient (Wildman–Crippen LogP) is 3.23. The molecule has 0 amide bonds. The van der Waals surface area contributed by atoms with Gasteiger partial charge in [-0.3, -0.25) is 4.68 Å². The normalized spacial score (nSPS) is 11.7. The zero-order valence-corrected chi connectivity index (χ0v) is 10.1. The van der Waals surface area contributed by atoms with E-state index in [1.807, 2.05) is 23.1 Å². The lowest BCUT2D eigenvalue weighted by atomic mass is 9.86. The fourth-order valence-corrected chi connectivity index (χ4v) is 1.72. The van der Waals surface area contributed by atoms with Gasteiger partial charge in [0.2, 0.25) is 0 Å². The number of benzene rings is 1. The van der Waals surface area contributed by atoms with Crippen molar-refractivity contribution in [1.29, 1.82) is 0 Å². The van der Waals surface area contributed by atoms with E-state index in [-0.39, 0.29) is 5.41 Å². The summed E-state index contributed by atoms with van der Waals surface area (Å²) in [6.07, 6.45) is 3.80. The Morgan fingerprint density at radius 1 is 1.19 bits per heavy atom. The second-order valence-electron chi connectivity index (χ2n) is 5.15. The minimum Gasteiger partial charge on any atom is -0.268 e. The number of aromatic nitrogens is 2. The summed E-state index contributed by atoms with van der Waals surface area (Å²) in [5.41, 5.74) is 2.88. The molecular formula is C14H18N2. The SMILES string of the molecule is CC(C)(C)c1cccc(Cn2cccn2)c1. The number of nitrogens with zero attached hydrogens (tertiary/aromatic N) is 2. The molecule has 0 N–H and O–H groups in total. The first-order valence-electron chi connectivity index (χ1n) is 5.62. The molecule has 2 nitrogen and oxygen atoms in total. The van der Waals surface area contributed by atoms with Gasteiger partial charge in [-0.05, 0) is 22.6 Å². The van der Waals surface area contributed by atoms with Crippen LogP contribution in [-0.2, 0) is 12.0 Å². The quantitative estimate of drug-likeness (QED) is 0.750. The van der Waals surface area contributed by atoms with Crippen LogP contribution in [-0.4, -0.2) is 9.78 Å². The van der Waals surface area contributed by atoms with Crippen molar-refractivity contribution < 1.29 is 0 Å². The van der Waals surface area contributed by atoms with Gasteiger partial charge in [-0.25, -0.2) is 0 Å². The summed E-state index contributed by atoms with van der Waals surface area (Å²) in [6, 6.07) is 10.7. The molecule has 16 heavy (non-hydrogen) atoms. The van der Waals surface area contributed by atoms with Crippen molar-refractivity contribution in [3.05, 3.63) is 53.9 Å². The van der Waals surface area contributed by atoms with E-state index in [0.717, 1.165) is 6.54 Å². The third-order valence-electron chi connectivity index (χ3n) is 2.70. The third kappa shape index (κ3) is 2.51. The lowest BCUT2D eigenvalue weighted by Gasteiger charge is -2.19. The molecule has 0 spiro atoms. The predicted molar refractivity (Wildman–Crippen MR) is 66.5 cm³/mol. The highest BCUT2D eigenvalue weighted by Crippen LogP contribution is 2.22. The zero-order chi connectivity index (χ0) is 11.6. The summed E-state index contributed by atoms with van der Waals surface area (Å²) in [5, 5.41) is 4.22. The summed E-state index contributed by atoms with van der Waals surface area (Å²) >= 11 is 0. The van der Waals surface area contributed by atoms with E-state index in [9.17, 15) is 0 Å². The van der Waals surface area contributed by atoms with Gasteiger partial charge in [0.25, 0.3) is 0 Å². The minimum absolute atomic E-state index is 0.208. The maximum atomic E-state index is 4.22. The van der Waals surface area contributed by atoms with E-state index in [4.69, 9.17) is 0 Å². The van der Waals surface area contributed by atoms with Crippen LogP contribution in [0.4, 0.5) is 0 Å². The molecule has 1 heterocycles. The summed E-state index contributed by atoms with van der Waals surface area (Å²) in [4.78, 5) is 0. The highest BCUT2D eigenvalue weighted by molar-refractivity contribution is 5.28. The molecule has 1 aromatic carbocycles. The fourth-order valence-electron chi connectivity index (χ4n) is 1.72. The molecule has 2 heteroatoms. The molecule has 0 unspecified atom stereocenters. The van der Waals surface area contributed by atoms with Crippen molar-refractivity contribution in [3.8, 4) is 0 Å². The number of hydrogen-bond acceptors (Lipinski definition) is 1. The monoisotopic (exact) mass is 214 g/mol. The van der Waals surface area contributed by atoms with Gasteiger partial charge in [0.1, 0.15) is 0 Å². The second-order valence-corrected chi connectivity index (χ2v) is 5.15. The van der Waals surface area contributed by atoms with Crippen LogP contribution in [0.15, 0.2) is 42.7 Å². The molecule has 0 radical (unpaired) electrons. The zero-order valence-electron chi connectivity index (χ0n) is 10.1. The van der Waals surface area contributed by atoms with Gasteiger partial charge in [-0.15, -0.1) is 0 Å². The topological polar surface area (TPSA) is 17.8 Å². The first kappa shape index (κ1) is 10.9. The fraction of sp³-hybridized carbons (Fsp3) is 0.357. The second kappa shape index (κ2) is 4.12. The largest absolute Gasteiger partial charge is 0.268 e. The molecule has 0 saturated heterocycles. The highest BCUT2D eigenvalue weighted by atomic mass is 15.3. The minimum atomic E-state index is 0.208. The summed E-state index contributed by atoms with van der Waals surface area (Å²) < 4.78 is 1.95. The van der Waals surface area contributed by atoms with Crippen molar-refractivity contribution in [2.75, 3.05) is 0 Å². The van der Waals surface area contributed by atoms with E-state index in [0.29, 0.717) is 0 Å². The Morgan fingerprint density at radius 3 is 2.62 bits per heavy atom. The van der Waals surface area contributed by atoms with E-state index >= 15 is 0 Å². The van der Waals surface area contributed by atoms with Crippen molar-refractivity contribution in [1.82, 2.24) is 9.78 Å². The van der Waals surface area contributed by atoms with Crippen LogP contribution in [0.25, 0.3) is 0 Å². The van der Waals surface area contributed by atoms with Crippen LogP contribution in [0, 0.1) is 0 Å². The van der Waals surface area contributed by atoms with Crippen LogP contribution < -0.4 is 0 Å². The van der Waals surface area contributed by atoms with Gasteiger partial charge in [0.05, 0.1) is 6.54 Å². The Bertz CT molecular complexity index is 450. The molecular weight excluding hydrogens is 196 g/mol. The molecule has 2 rings (SSSR count). The maximum absolute atomic E-state index is 4.22. The van der Waals surface area contributed by atoms with Gasteiger partial charge in [-0.2, -0.15) is 5.10 Å². The van der Waals surface area contributed by atoms with E-state index in [2.05, 4.69) is 50.1 Å². The number of rotatable bonds is 2. The molecule has 0 aliphatic heterocycles. The van der Waals surface area contributed by atoms with Gasteiger partial charge < -0.3 is 0 Å². The van der Waals surface area contributed by atoms with Gasteiger partial charge in [-0.1, -0.05) is 45.0 Å². The van der Waals surface area contributed by atoms with Crippen LogP contribution in [0.3, 0.4) is 0 Å². The first-order chi connectivity index (χ1) is 7.55. The molecule has 84 valence electrons. The molecule has 0 bridgehead atoms. The van der Waals surface area contributed by atoms with Crippen LogP contribution in [0.1, 0.15) is 31.9 Å². The molecule has 1 aromatic heterocycles. The lowest BCUT2D eigenvalue weighted by Crippen LogP contribution is -2.11. The highest BCUT2D eigenvalue weighted by Gasteiger charge is 2.13. The molecule has 2 aromatic rings. The molecule has 0 fully saturated rings. The molecule has 0 aliphatic carbocycles. The third-order valence-corrected chi connectivity index (χ3v) is 2.70. The molecule has 0 aliphatic rings. The van der Waals surface area contributed by atoms with Gasteiger partial charge >= 0.3 is 0 Å². The van der Waals surface area contributed by atoms with Crippen molar-refractivity contribution >= 4 is 0 Å². The Hall–Kier alpha value is -1.57. The molecule has 0 atom stereocenters. The maximum Gasteiger partial charge on any atom is 0.0659 e. The number of hydrogen-bond donors (Lipinski definition) is 0. The van der Waals surface area contributed by atoms with Gasteiger partial charge in [0, 0.05) is 12.4 Å². The molecule has 0 saturated carbocycles. The Kier molecular flexibility index (Phi) is 2.82. The summed E-state index contributed by atoms with van der Waals surface area (Å²) in [6.45, 7) is 7.55. The van der Waals surface area contributed by atoms with Crippen LogP contribution >= 0.6 is 0 Å². The summed E-state index contributed by atoms with van der Waals surface area (Å²) in [7, 11) is 0. The Labute approximate surface area is 96.9 Å². The van der Waals surface area contributed by atoms with Crippen LogP contribution in [0.2, 0.25) is 0 Å². The Balaban J connectivity index is 2.23. The Morgan fingerprint density at radius 2 is 2.00 bits per heavy atom. The van der Waals surface area contributed by atoms with Crippen molar-refractivity contribution in [3.63, 3.8) is 0 Å². The van der Waals surface area contributed by atoms with Crippen molar-refractivity contribution in [2.24, 2.45) is 0 Å².